The quantitative estimate of drug-likeness (QED) is 0.593. The summed E-state index contributed by atoms with van der Waals surface area (Å²) in [6, 6.07) is 12.6. The third-order valence-electron chi connectivity index (χ3n) is 4.67. The van der Waals surface area contributed by atoms with Crippen molar-refractivity contribution < 1.29 is 28.5 Å². The number of carbonyl (C=O) groups excluding carboxylic acids is 2. The van der Waals surface area contributed by atoms with Gasteiger partial charge in [0.15, 0.2) is 17.6 Å². The number of ether oxygens (including phenoxy) is 4. The third kappa shape index (κ3) is 5.65. The molecule has 2 unspecified atom stereocenters. The van der Waals surface area contributed by atoms with Crippen LogP contribution in [0.2, 0.25) is 0 Å². The molecule has 162 valence electrons. The average molecular weight is 415 g/mol. The number of benzene rings is 2. The summed E-state index contributed by atoms with van der Waals surface area (Å²) in [6.07, 6.45) is 0.690. The standard InChI is InChI=1S/C23H29NO6/c1-6-10-18(16-11-8-7-9-12-16)24-22(25)15(2)30-23(26)17-13-20(28-4)21(29-5)14-19(17)27-3/h7-9,11-15,18H,6,10H2,1-5H3,(H,24,25). The largest absolute Gasteiger partial charge is 0.496 e. The van der Waals surface area contributed by atoms with Crippen LogP contribution < -0.4 is 19.5 Å². The van der Waals surface area contributed by atoms with Crippen molar-refractivity contribution in [2.24, 2.45) is 0 Å². The van der Waals surface area contributed by atoms with Crippen molar-refractivity contribution >= 4 is 11.9 Å². The molecular weight excluding hydrogens is 386 g/mol. The van der Waals surface area contributed by atoms with E-state index in [4.69, 9.17) is 18.9 Å². The lowest BCUT2D eigenvalue weighted by molar-refractivity contribution is -0.129. The van der Waals surface area contributed by atoms with Gasteiger partial charge in [0.25, 0.3) is 5.91 Å². The lowest BCUT2D eigenvalue weighted by Gasteiger charge is -2.21. The predicted molar refractivity (Wildman–Crippen MR) is 113 cm³/mol. The van der Waals surface area contributed by atoms with Crippen LogP contribution in [0.5, 0.6) is 17.2 Å². The first-order chi connectivity index (χ1) is 14.4. The maximum absolute atomic E-state index is 12.7. The van der Waals surface area contributed by atoms with Gasteiger partial charge in [0, 0.05) is 12.1 Å². The third-order valence-corrected chi connectivity index (χ3v) is 4.67. The first-order valence-corrected chi connectivity index (χ1v) is 9.81. The molecule has 7 nitrogen and oxygen atoms in total. The Hall–Kier alpha value is -3.22. The van der Waals surface area contributed by atoms with E-state index in [9.17, 15) is 9.59 Å². The molecule has 0 aliphatic rings. The molecule has 0 aromatic heterocycles. The number of amides is 1. The van der Waals surface area contributed by atoms with Crippen LogP contribution in [0.25, 0.3) is 0 Å². The molecule has 0 spiro atoms. The molecule has 0 fully saturated rings. The van der Waals surface area contributed by atoms with Crippen LogP contribution in [-0.4, -0.2) is 39.3 Å². The van der Waals surface area contributed by atoms with Crippen LogP contribution in [0.15, 0.2) is 42.5 Å². The van der Waals surface area contributed by atoms with Crippen molar-refractivity contribution in [2.75, 3.05) is 21.3 Å². The van der Waals surface area contributed by atoms with Gasteiger partial charge in [-0.25, -0.2) is 4.79 Å². The number of nitrogens with one attached hydrogen (secondary N) is 1. The van der Waals surface area contributed by atoms with Crippen molar-refractivity contribution in [2.45, 2.75) is 38.8 Å². The molecular formula is C23H29NO6. The van der Waals surface area contributed by atoms with E-state index < -0.39 is 12.1 Å². The lowest BCUT2D eigenvalue weighted by Crippen LogP contribution is -2.38. The minimum Gasteiger partial charge on any atom is -0.496 e. The van der Waals surface area contributed by atoms with Gasteiger partial charge < -0.3 is 24.3 Å². The maximum atomic E-state index is 12.7. The summed E-state index contributed by atoms with van der Waals surface area (Å²) >= 11 is 0. The first kappa shape index (κ1) is 23.1. The molecule has 0 bridgehead atoms. The molecule has 7 heteroatoms. The second-order valence-electron chi connectivity index (χ2n) is 6.72. The van der Waals surface area contributed by atoms with Crippen molar-refractivity contribution in [1.29, 1.82) is 0 Å². The summed E-state index contributed by atoms with van der Waals surface area (Å²) in [5.74, 6) is -0.0258. The Balaban J connectivity index is 2.13. The zero-order valence-electron chi connectivity index (χ0n) is 18.1. The summed E-state index contributed by atoms with van der Waals surface area (Å²) in [7, 11) is 4.39. The normalized spacial score (nSPS) is 12.4. The number of rotatable bonds is 10. The van der Waals surface area contributed by atoms with Gasteiger partial charge in [-0.1, -0.05) is 43.7 Å². The van der Waals surface area contributed by atoms with Gasteiger partial charge in [-0.05, 0) is 18.9 Å². The first-order valence-electron chi connectivity index (χ1n) is 9.81. The Bertz CT molecular complexity index is 852. The second-order valence-corrected chi connectivity index (χ2v) is 6.72. The summed E-state index contributed by atoms with van der Waals surface area (Å²) in [6.45, 7) is 3.59. The summed E-state index contributed by atoms with van der Waals surface area (Å²) in [4.78, 5) is 25.4. The van der Waals surface area contributed by atoms with Crippen LogP contribution in [0.3, 0.4) is 0 Å². The smallest absolute Gasteiger partial charge is 0.342 e. The van der Waals surface area contributed by atoms with Gasteiger partial charge in [-0.2, -0.15) is 0 Å². The summed E-state index contributed by atoms with van der Waals surface area (Å²) < 4.78 is 21.1. The summed E-state index contributed by atoms with van der Waals surface area (Å²) in [5.41, 5.74) is 1.15. The molecule has 30 heavy (non-hydrogen) atoms. The molecule has 2 atom stereocenters. The Morgan fingerprint density at radius 1 is 0.933 bits per heavy atom. The number of carbonyl (C=O) groups is 2. The van der Waals surface area contributed by atoms with E-state index in [0.717, 1.165) is 18.4 Å². The monoisotopic (exact) mass is 415 g/mol. The minimum absolute atomic E-state index is 0.142. The van der Waals surface area contributed by atoms with E-state index in [1.165, 1.54) is 40.4 Å². The fraction of sp³-hybridized carbons (Fsp3) is 0.391. The van der Waals surface area contributed by atoms with Crippen LogP contribution in [0.1, 0.15) is 48.7 Å². The molecule has 1 N–H and O–H groups in total. The maximum Gasteiger partial charge on any atom is 0.342 e. The van der Waals surface area contributed by atoms with Crippen LogP contribution in [0, 0.1) is 0 Å². The topological polar surface area (TPSA) is 83.1 Å². The number of hydrogen-bond acceptors (Lipinski definition) is 6. The van der Waals surface area contributed by atoms with Crippen molar-refractivity contribution in [1.82, 2.24) is 5.32 Å². The van der Waals surface area contributed by atoms with E-state index in [-0.39, 0.29) is 23.3 Å². The van der Waals surface area contributed by atoms with E-state index in [0.29, 0.717) is 11.5 Å². The molecule has 2 aromatic rings. The Morgan fingerprint density at radius 3 is 2.10 bits per heavy atom. The SMILES string of the molecule is CCCC(NC(=O)C(C)OC(=O)c1cc(OC)c(OC)cc1OC)c1ccccc1. The van der Waals surface area contributed by atoms with Crippen LogP contribution in [0.4, 0.5) is 0 Å². The van der Waals surface area contributed by atoms with Gasteiger partial charge in [-0.15, -0.1) is 0 Å². The van der Waals surface area contributed by atoms with Gasteiger partial charge in [0.1, 0.15) is 11.3 Å². The Kier molecular flexibility index (Phi) is 8.53. The number of methoxy groups -OCH3 is 3. The van der Waals surface area contributed by atoms with Crippen LogP contribution >= 0.6 is 0 Å². The van der Waals surface area contributed by atoms with Crippen LogP contribution in [-0.2, 0) is 9.53 Å². The van der Waals surface area contributed by atoms with Gasteiger partial charge in [0.05, 0.1) is 27.4 Å². The predicted octanol–water partition coefficient (Wildman–Crippen LogP) is 3.92. The lowest BCUT2D eigenvalue weighted by atomic mass is 10.0. The van der Waals surface area contributed by atoms with E-state index >= 15 is 0 Å². The fourth-order valence-corrected chi connectivity index (χ4v) is 3.05. The highest BCUT2D eigenvalue weighted by atomic mass is 16.6. The Labute approximate surface area is 177 Å². The molecule has 0 radical (unpaired) electrons. The fourth-order valence-electron chi connectivity index (χ4n) is 3.05. The molecule has 0 saturated carbocycles. The van der Waals surface area contributed by atoms with E-state index in [1.807, 2.05) is 30.3 Å². The average Bonchev–Trinajstić information content (AvgIpc) is 2.78. The minimum atomic E-state index is -0.988. The number of hydrogen-bond donors (Lipinski definition) is 1. The van der Waals surface area contributed by atoms with Gasteiger partial charge in [-0.3, -0.25) is 4.79 Å². The zero-order chi connectivity index (χ0) is 22.1. The molecule has 2 aromatic carbocycles. The Morgan fingerprint density at radius 2 is 1.53 bits per heavy atom. The molecule has 0 aliphatic carbocycles. The molecule has 1 amide bonds. The highest BCUT2D eigenvalue weighted by molar-refractivity contribution is 5.95. The van der Waals surface area contributed by atoms with Gasteiger partial charge >= 0.3 is 5.97 Å². The molecule has 0 aliphatic heterocycles. The van der Waals surface area contributed by atoms with Crippen molar-refractivity contribution in [3.8, 4) is 17.2 Å². The highest BCUT2D eigenvalue weighted by Crippen LogP contribution is 2.35. The number of esters is 1. The van der Waals surface area contributed by atoms with E-state index in [1.54, 1.807) is 0 Å². The van der Waals surface area contributed by atoms with Gasteiger partial charge in [0.2, 0.25) is 0 Å². The van der Waals surface area contributed by atoms with Crippen molar-refractivity contribution in [3.63, 3.8) is 0 Å². The van der Waals surface area contributed by atoms with E-state index in [2.05, 4.69) is 12.2 Å². The second kappa shape index (κ2) is 11.1. The summed E-state index contributed by atoms with van der Waals surface area (Å²) in [5, 5.41) is 2.97. The molecule has 2 rings (SSSR count). The molecule has 0 heterocycles. The molecule has 0 saturated heterocycles. The zero-order valence-corrected chi connectivity index (χ0v) is 18.1. The highest BCUT2D eigenvalue weighted by Gasteiger charge is 2.25. The van der Waals surface area contributed by atoms with Crippen molar-refractivity contribution in [3.05, 3.63) is 53.6 Å².